The van der Waals surface area contributed by atoms with Gasteiger partial charge in [-0.2, -0.15) is 0 Å². The molecule has 0 saturated heterocycles. The molecule has 0 aliphatic heterocycles. The number of hydrogen-bond donors (Lipinski definition) is 2. The van der Waals surface area contributed by atoms with E-state index in [9.17, 15) is 14.0 Å². The summed E-state index contributed by atoms with van der Waals surface area (Å²) in [5, 5.41) is 11.2. The summed E-state index contributed by atoms with van der Waals surface area (Å²) in [6.45, 7) is 1.22. The SMILES string of the molecule is CC(=O)NC(CSc1ncc(Br)cc1F)C(=O)O. The lowest BCUT2D eigenvalue weighted by atomic mass is 10.3. The highest BCUT2D eigenvalue weighted by Crippen LogP contribution is 2.22. The first kappa shape index (κ1) is 14.9. The molecule has 1 aromatic heterocycles. The van der Waals surface area contributed by atoms with Crippen LogP contribution in [-0.4, -0.2) is 33.8 Å². The molecule has 98 valence electrons. The molecule has 0 bridgehead atoms. The van der Waals surface area contributed by atoms with Gasteiger partial charge in [0.1, 0.15) is 11.1 Å². The molecule has 8 heteroatoms. The van der Waals surface area contributed by atoms with Crippen molar-refractivity contribution in [3.63, 3.8) is 0 Å². The van der Waals surface area contributed by atoms with E-state index < -0.39 is 23.7 Å². The molecule has 0 fully saturated rings. The lowest BCUT2D eigenvalue weighted by molar-refractivity contribution is -0.140. The van der Waals surface area contributed by atoms with Gasteiger partial charge in [0.05, 0.1) is 0 Å². The van der Waals surface area contributed by atoms with Crippen molar-refractivity contribution in [1.29, 1.82) is 0 Å². The minimum atomic E-state index is -1.17. The Hall–Kier alpha value is -1.15. The summed E-state index contributed by atoms with van der Waals surface area (Å²) in [5.74, 6) is -2.16. The van der Waals surface area contributed by atoms with Crippen molar-refractivity contribution in [2.75, 3.05) is 5.75 Å². The number of aliphatic carboxylic acids is 1. The Morgan fingerprint density at radius 1 is 1.67 bits per heavy atom. The van der Waals surface area contributed by atoms with Crippen molar-refractivity contribution >= 4 is 39.6 Å². The van der Waals surface area contributed by atoms with Crippen molar-refractivity contribution in [2.24, 2.45) is 0 Å². The average molecular weight is 337 g/mol. The molecular weight excluding hydrogens is 327 g/mol. The van der Waals surface area contributed by atoms with E-state index in [2.05, 4.69) is 26.2 Å². The van der Waals surface area contributed by atoms with Crippen molar-refractivity contribution in [2.45, 2.75) is 18.0 Å². The molecular formula is C10H10BrFN2O3S. The summed E-state index contributed by atoms with van der Waals surface area (Å²) < 4.78 is 13.9. The third-order valence-corrected chi connectivity index (χ3v) is 3.34. The standard InChI is InChI=1S/C10H10BrFN2O3S/c1-5(15)14-8(10(16)17)4-18-9-7(12)2-6(11)3-13-9/h2-3,8H,4H2,1H3,(H,14,15)(H,16,17). The maximum atomic E-state index is 13.4. The molecule has 0 saturated carbocycles. The Morgan fingerprint density at radius 3 is 2.83 bits per heavy atom. The number of halogens is 2. The van der Waals surface area contributed by atoms with Crippen LogP contribution in [0.2, 0.25) is 0 Å². The lowest BCUT2D eigenvalue weighted by Gasteiger charge is -2.12. The normalized spacial score (nSPS) is 11.9. The summed E-state index contributed by atoms with van der Waals surface area (Å²) in [7, 11) is 0. The third-order valence-electron chi connectivity index (χ3n) is 1.84. The molecule has 0 aromatic carbocycles. The van der Waals surface area contributed by atoms with Crippen LogP contribution in [0.5, 0.6) is 0 Å². The maximum Gasteiger partial charge on any atom is 0.327 e. The van der Waals surface area contributed by atoms with Gasteiger partial charge in [0, 0.05) is 23.3 Å². The van der Waals surface area contributed by atoms with Crippen molar-refractivity contribution < 1.29 is 19.1 Å². The van der Waals surface area contributed by atoms with Crippen LogP contribution < -0.4 is 5.32 Å². The molecule has 1 heterocycles. The van der Waals surface area contributed by atoms with Gasteiger partial charge in [-0.15, -0.1) is 11.8 Å². The Labute approximate surface area is 115 Å². The first-order valence-electron chi connectivity index (χ1n) is 4.84. The summed E-state index contributed by atoms with van der Waals surface area (Å²) in [4.78, 5) is 25.5. The van der Waals surface area contributed by atoms with Gasteiger partial charge < -0.3 is 10.4 Å². The van der Waals surface area contributed by atoms with Crippen molar-refractivity contribution in [1.82, 2.24) is 10.3 Å². The van der Waals surface area contributed by atoms with E-state index in [4.69, 9.17) is 5.11 Å². The Kier molecular flexibility index (Phi) is 5.54. The average Bonchev–Trinajstić information content (AvgIpc) is 2.25. The Bertz CT molecular complexity index is 472. The van der Waals surface area contributed by atoms with Crippen LogP contribution in [-0.2, 0) is 9.59 Å². The Balaban J connectivity index is 2.66. The second-order valence-corrected chi connectivity index (χ2v) is 5.27. The lowest BCUT2D eigenvalue weighted by Crippen LogP contribution is -2.41. The Morgan fingerprint density at radius 2 is 2.33 bits per heavy atom. The van der Waals surface area contributed by atoms with Gasteiger partial charge in [0.2, 0.25) is 5.91 Å². The first-order valence-corrected chi connectivity index (χ1v) is 6.61. The van der Waals surface area contributed by atoms with E-state index >= 15 is 0 Å². The van der Waals surface area contributed by atoms with Crippen LogP contribution in [0.15, 0.2) is 21.8 Å². The molecule has 1 atom stereocenters. The zero-order chi connectivity index (χ0) is 13.7. The molecule has 18 heavy (non-hydrogen) atoms. The molecule has 0 aliphatic carbocycles. The summed E-state index contributed by atoms with van der Waals surface area (Å²) >= 11 is 4.00. The van der Waals surface area contributed by atoms with Crippen LogP contribution in [0, 0.1) is 5.82 Å². The minimum Gasteiger partial charge on any atom is -0.480 e. The summed E-state index contributed by atoms with van der Waals surface area (Å²) in [6, 6.07) is 0.168. The van der Waals surface area contributed by atoms with E-state index in [-0.39, 0.29) is 10.8 Å². The van der Waals surface area contributed by atoms with Crippen LogP contribution in [0.25, 0.3) is 0 Å². The number of carbonyl (C=O) groups is 2. The number of pyridine rings is 1. The number of carbonyl (C=O) groups excluding carboxylic acids is 1. The fourth-order valence-electron chi connectivity index (χ4n) is 1.09. The molecule has 0 radical (unpaired) electrons. The number of amides is 1. The number of nitrogens with one attached hydrogen (secondary N) is 1. The van der Waals surface area contributed by atoms with Gasteiger partial charge in [-0.25, -0.2) is 14.2 Å². The van der Waals surface area contributed by atoms with E-state index in [0.717, 1.165) is 11.8 Å². The van der Waals surface area contributed by atoms with E-state index in [1.165, 1.54) is 19.2 Å². The summed E-state index contributed by atoms with van der Waals surface area (Å²) in [6.07, 6.45) is 1.42. The molecule has 1 unspecified atom stereocenters. The molecule has 5 nitrogen and oxygen atoms in total. The molecule has 2 N–H and O–H groups in total. The van der Waals surface area contributed by atoms with Crippen LogP contribution in [0.4, 0.5) is 4.39 Å². The van der Waals surface area contributed by atoms with Gasteiger partial charge in [-0.1, -0.05) is 0 Å². The van der Waals surface area contributed by atoms with Crippen molar-refractivity contribution in [3.05, 3.63) is 22.6 Å². The van der Waals surface area contributed by atoms with E-state index in [0.29, 0.717) is 4.47 Å². The quantitative estimate of drug-likeness (QED) is 0.799. The van der Waals surface area contributed by atoms with Gasteiger partial charge >= 0.3 is 5.97 Å². The number of carboxylic acid groups (broad SMARTS) is 1. The zero-order valence-electron chi connectivity index (χ0n) is 9.31. The molecule has 1 rings (SSSR count). The fraction of sp³-hybridized carbons (Fsp3) is 0.300. The molecule has 0 aliphatic rings. The number of rotatable bonds is 5. The third kappa shape index (κ3) is 4.61. The number of thioether (sulfide) groups is 1. The van der Waals surface area contributed by atoms with Crippen LogP contribution >= 0.6 is 27.7 Å². The van der Waals surface area contributed by atoms with Crippen molar-refractivity contribution in [3.8, 4) is 0 Å². The maximum absolute atomic E-state index is 13.4. The predicted octanol–water partition coefficient (Wildman–Crippen LogP) is 1.66. The second kappa shape index (κ2) is 6.69. The number of aromatic nitrogens is 1. The summed E-state index contributed by atoms with van der Waals surface area (Å²) in [5.41, 5.74) is 0. The molecule has 0 spiro atoms. The second-order valence-electron chi connectivity index (χ2n) is 3.34. The smallest absolute Gasteiger partial charge is 0.327 e. The first-order chi connectivity index (χ1) is 8.40. The number of nitrogens with zero attached hydrogens (tertiary/aromatic N) is 1. The number of carboxylic acids is 1. The topological polar surface area (TPSA) is 79.3 Å². The zero-order valence-corrected chi connectivity index (χ0v) is 11.7. The fourth-order valence-corrected chi connectivity index (χ4v) is 2.27. The minimum absolute atomic E-state index is 0.000462. The molecule has 1 aromatic rings. The van der Waals surface area contributed by atoms with Gasteiger partial charge in [-0.3, -0.25) is 4.79 Å². The van der Waals surface area contributed by atoms with Gasteiger partial charge in [0.25, 0.3) is 0 Å². The van der Waals surface area contributed by atoms with Crippen LogP contribution in [0.3, 0.4) is 0 Å². The largest absolute Gasteiger partial charge is 0.480 e. The monoisotopic (exact) mass is 336 g/mol. The highest BCUT2D eigenvalue weighted by molar-refractivity contribution is 9.10. The highest BCUT2D eigenvalue weighted by atomic mass is 79.9. The van der Waals surface area contributed by atoms with Gasteiger partial charge in [-0.05, 0) is 22.0 Å². The van der Waals surface area contributed by atoms with Gasteiger partial charge in [0.15, 0.2) is 5.82 Å². The number of hydrogen-bond acceptors (Lipinski definition) is 4. The molecule has 1 amide bonds. The van der Waals surface area contributed by atoms with E-state index in [1.807, 2.05) is 0 Å². The van der Waals surface area contributed by atoms with E-state index in [1.54, 1.807) is 0 Å². The van der Waals surface area contributed by atoms with Crippen LogP contribution in [0.1, 0.15) is 6.92 Å². The predicted molar refractivity (Wildman–Crippen MR) is 67.9 cm³/mol. The highest BCUT2D eigenvalue weighted by Gasteiger charge is 2.19.